The van der Waals surface area contributed by atoms with Crippen LogP contribution < -0.4 is 20.1 Å². The molecule has 0 aliphatic carbocycles. The average Bonchev–Trinajstić information content (AvgIpc) is 3.21. The third-order valence-electron chi connectivity index (χ3n) is 4.66. The standard InChI is InChI=1S/C20H25N3O4S/c1-26-15-8-14(9-16(10-15)27-2)12-22-19(24)11-18-20(25)21-5-6-23(18)13-17-4-3-7-28-17/h3-4,7-10,18H,5-6,11-13H2,1-2H3,(H,21,25)(H,22,24). The topological polar surface area (TPSA) is 79.9 Å². The number of carbonyl (C=O) groups excluding carboxylic acids is 2. The van der Waals surface area contributed by atoms with Crippen molar-refractivity contribution in [1.29, 1.82) is 0 Å². The second-order valence-corrected chi connectivity index (χ2v) is 7.59. The summed E-state index contributed by atoms with van der Waals surface area (Å²) in [7, 11) is 3.17. The fraction of sp³-hybridized carbons (Fsp3) is 0.400. The van der Waals surface area contributed by atoms with Crippen LogP contribution in [0.5, 0.6) is 11.5 Å². The van der Waals surface area contributed by atoms with Gasteiger partial charge in [0.2, 0.25) is 11.8 Å². The molecule has 1 atom stereocenters. The molecule has 1 aromatic carbocycles. The van der Waals surface area contributed by atoms with Gasteiger partial charge in [-0.3, -0.25) is 14.5 Å². The van der Waals surface area contributed by atoms with Crippen LogP contribution in [0.4, 0.5) is 0 Å². The van der Waals surface area contributed by atoms with Crippen molar-refractivity contribution in [3.63, 3.8) is 0 Å². The predicted molar refractivity (Wildman–Crippen MR) is 108 cm³/mol. The first-order valence-corrected chi connectivity index (χ1v) is 10.00. The molecule has 8 heteroatoms. The lowest BCUT2D eigenvalue weighted by Crippen LogP contribution is -2.56. The lowest BCUT2D eigenvalue weighted by Gasteiger charge is -2.34. The summed E-state index contributed by atoms with van der Waals surface area (Å²) in [6.45, 7) is 2.35. The van der Waals surface area contributed by atoms with Crippen LogP contribution in [0.2, 0.25) is 0 Å². The molecule has 0 bridgehead atoms. The first-order valence-electron chi connectivity index (χ1n) is 9.12. The number of thiophene rings is 1. The molecule has 1 unspecified atom stereocenters. The first kappa shape index (κ1) is 20.2. The summed E-state index contributed by atoms with van der Waals surface area (Å²) in [5.41, 5.74) is 0.869. The fourth-order valence-electron chi connectivity index (χ4n) is 3.19. The van der Waals surface area contributed by atoms with E-state index in [1.807, 2.05) is 29.6 Å². The zero-order chi connectivity index (χ0) is 19.9. The third-order valence-corrected chi connectivity index (χ3v) is 5.52. The van der Waals surface area contributed by atoms with Crippen molar-refractivity contribution >= 4 is 23.2 Å². The Labute approximate surface area is 168 Å². The molecular formula is C20H25N3O4S. The predicted octanol–water partition coefficient (Wildman–Crippen LogP) is 1.77. The van der Waals surface area contributed by atoms with Crippen LogP contribution in [0.3, 0.4) is 0 Å². The van der Waals surface area contributed by atoms with Crippen molar-refractivity contribution < 1.29 is 19.1 Å². The van der Waals surface area contributed by atoms with E-state index in [0.717, 1.165) is 12.1 Å². The Morgan fingerprint density at radius 2 is 2.04 bits per heavy atom. The van der Waals surface area contributed by atoms with E-state index in [2.05, 4.69) is 15.5 Å². The summed E-state index contributed by atoms with van der Waals surface area (Å²) in [6, 6.07) is 9.05. The van der Waals surface area contributed by atoms with Crippen molar-refractivity contribution in [3.05, 3.63) is 46.2 Å². The number of benzene rings is 1. The lowest BCUT2D eigenvalue weighted by atomic mass is 10.1. The minimum absolute atomic E-state index is 0.0963. The maximum Gasteiger partial charge on any atom is 0.237 e. The molecule has 2 aromatic rings. The molecule has 3 rings (SSSR count). The van der Waals surface area contributed by atoms with Gasteiger partial charge >= 0.3 is 0 Å². The molecule has 0 radical (unpaired) electrons. The molecule has 1 aromatic heterocycles. The number of piperazine rings is 1. The number of hydrogen-bond donors (Lipinski definition) is 2. The van der Waals surface area contributed by atoms with Gasteiger partial charge in [0.05, 0.1) is 26.7 Å². The van der Waals surface area contributed by atoms with Crippen LogP contribution in [0.1, 0.15) is 16.9 Å². The Morgan fingerprint density at radius 1 is 1.29 bits per heavy atom. The maximum atomic E-state index is 12.5. The number of amides is 2. The second kappa shape index (κ2) is 9.57. The first-order chi connectivity index (χ1) is 13.6. The van der Waals surface area contributed by atoms with Gasteiger partial charge in [-0.05, 0) is 29.1 Å². The van der Waals surface area contributed by atoms with Crippen molar-refractivity contribution in [2.45, 2.75) is 25.6 Å². The summed E-state index contributed by atoms with van der Waals surface area (Å²) >= 11 is 1.66. The Kier molecular flexibility index (Phi) is 6.89. The van der Waals surface area contributed by atoms with Crippen LogP contribution in [0.15, 0.2) is 35.7 Å². The summed E-state index contributed by atoms with van der Waals surface area (Å²) in [5.74, 6) is 1.07. The van der Waals surface area contributed by atoms with E-state index in [1.54, 1.807) is 31.6 Å². The molecule has 2 amide bonds. The summed E-state index contributed by atoms with van der Waals surface area (Å²) in [4.78, 5) is 28.1. The molecule has 150 valence electrons. The van der Waals surface area contributed by atoms with Crippen molar-refractivity contribution in [2.75, 3.05) is 27.3 Å². The molecule has 1 saturated heterocycles. The Balaban J connectivity index is 1.60. The summed E-state index contributed by atoms with van der Waals surface area (Å²) < 4.78 is 10.5. The highest BCUT2D eigenvalue weighted by Gasteiger charge is 2.31. The monoisotopic (exact) mass is 403 g/mol. The molecule has 2 N–H and O–H groups in total. The van der Waals surface area contributed by atoms with Crippen LogP contribution in [-0.4, -0.2) is 50.1 Å². The number of ether oxygens (including phenoxy) is 2. The van der Waals surface area contributed by atoms with Crippen molar-refractivity contribution in [3.8, 4) is 11.5 Å². The smallest absolute Gasteiger partial charge is 0.237 e. The van der Waals surface area contributed by atoms with E-state index in [-0.39, 0.29) is 18.2 Å². The third kappa shape index (κ3) is 5.24. The van der Waals surface area contributed by atoms with Gasteiger partial charge in [-0.2, -0.15) is 0 Å². The van der Waals surface area contributed by atoms with Crippen LogP contribution >= 0.6 is 11.3 Å². The number of carbonyl (C=O) groups is 2. The highest BCUT2D eigenvalue weighted by molar-refractivity contribution is 7.09. The van der Waals surface area contributed by atoms with E-state index in [9.17, 15) is 9.59 Å². The van der Waals surface area contributed by atoms with Gasteiger partial charge in [-0.25, -0.2) is 0 Å². The average molecular weight is 404 g/mol. The summed E-state index contributed by atoms with van der Waals surface area (Å²) in [5, 5.41) is 7.77. The summed E-state index contributed by atoms with van der Waals surface area (Å²) in [6.07, 6.45) is 0.123. The highest BCUT2D eigenvalue weighted by atomic mass is 32.1. The number of nitrogens with zero attached hydrogens (tertiary/aromatic N) is 1. The number of hydrogen-bond acceptors (Lipinski definition) is 6. The molecule has 1 aliphatic heterocycles. The molecule has 2 heterocycles. The van der Waals surface area contributed by atoms with E-state index in [4.69, 9.17) is 9.47 Å². The van der Waals surface area contributed by atoms with Gasteiger partial charge in [0.25, 0.3) is 0 Å². The van der Waals surface area contributed by atoms with Crippen LogP contribution in [-0.2, 0) is 22.7 Å². The van der Waals surface area contributed by atoms with Gasteiger partial charge in [0, 0.05) is 37.1 Å². The Hall–Kier alpha value is -2.58. The van der Waals surface area contributed by atoms with E-state index >= 15 is 0 Å². The highest BCUT2D eigenvalue weighted by Crippen LogP contribution is 2.22. The maximum absolute atomic E-state index is 12.5. The minimum atomic E-state index is -0.462. The number of rotatable bonds is 8. The number of methoxy groups -OCH3 is 2. The van der Waals surface area contributed by atoms with Crippen molar-refractivity contribution in [2.24, 2.45) is 0 Å². The lowest BCUT2D eigenvalue weighted by molar-refractivity contribution is -0.134. The van der Waals surface area contributed by atoms with Crippen LogP contribution in [0, 0.1) is 0 Å². The molecule has 1 aliphatic rings. The molecule has 1 fully saturated rings. The van der Waals surface area contributed by atoms with E-state index in [0.29, 0.717) is 31.1 Å². The SMILES string of the molecule is COc1cc(CNC(=O)CC2C(=O)NCCN2Cc2cccs2)cc(OC)c1. The molecule has 28 heavy (non-hydrogen) atoms. The molecule has 0 saturated carbocycles. The van der Waals surface area contributed by atoms with Gasteiger partial charge in [0.15, 0.2) is 0 Å². The van der Waals surface area contributed by atoms with Gasteiger partial charge < -0.3 is 20.1 Å². The van der Waals surface area contributed by atoms with Crippen molar-refractivity contribution in [1.82, 2.24) is 15.5 Å². The molecular weight excluding hydrogens is 378 g/mol. The second-order valence-electron chi connectivity index (χ2n) is 6.56. The molecule has 0 spiro atoms. The largest absolute Gasteiger partial charge is 0.497 e. The van der Waals surface area contributed by atoms with E-state index < -0.39 is 6.04 Å². The number of nitrogens with one attached hydrogen (secondary N) is 2. The Morgan fingerprint density at radius 3 is 2.68 bits per heavy atom. The van der Waals surface area contributed by atoms with Gasteiger partial charge in [0.1, 0.15) is 11.5 Å². The van der Waals surface area contributed by atoms with Gasteiger partial charge in [-0.1, -0.05) is 6.07 Å². The molecule has 7 nitrogen and oxygen atoms in total. The van der Waals surface area contributed by atoms with E-state index in [1.165, 1.54) is 4.88 Å². The van der Waals surface area contributed by atoms with Crippen LogP contribution in [0.25, 0.3) is 0 Å². The zero-order valence-corrected chi connectivity index (χ0v) is 16.9. The van der Waals surface area contributed by atoms with Gasteiger partial charge in [-0.15, -0.1) is 11.3 Å². The Bertz CT molecular complexity index is 788. The fourth-order valence-corrected chi connectivity index (χ4v) is 3.92. The quantitative estimate of drug-likeness (QED) is 0.702. The zero-order valence-electron chi connectivity index (χ0n) is 16.1. The minimum Gasteiger partial charge on any atom is -0.497 e. The normalized spacial score (nSPS) is 17.1.